The van der Waals surface area contributed by atoms with Crippen LogP contribution in [0.1, 0.15) is 146 Å². The van der Waals surface area contributed by atoms with Gasteiger partial charge < -0.3 is 15.2 Å². The standard InChI is InChI=1S/C45H76N2O6S/c1-28(2)30-13-19-45(46-22-16-29(3)47-23-25-54(51,52)26-24-47)21-20-43(9)31(37(30)45)11-12-35-42(8)17-15-36(41(6,7)34(42)14-18-44(35,43)10)53-39(50)33-27-32(38(48)49)40(33,4)5/h28-37,46H,11-27H2,1-10H3,(H,48,49)/t29-,30-,31+,32-,33+,34-,35+,36-,37+,42-,43+,44+,45-/m0/s1. The first-order chi connectivity index (χ1) is 25.0. The normalized spacial score (nSPS) is 46.9. The molecule has 0 bridgehead atoms. The van der Waals surface area contributed by atoms with Gasteiger partial charge >= 0.3 is 11.9 Å². The minimum absolute atomic E-state index is 0.128. The quantitative estimate of drug-likeness (QED) is 0.226. The van der Waals surface area contributed by atoms with Crippen LogP contribution < -0.4 is 5.32 Å². The summed E-state index contributed by atoms with van der Waals surface area (Å²) in [6.45, 7) is 26.2. The number of carboxylic acids is 1. The van der Waals surface area contributed by atoms with Gasteiger partial charge in [0.05, 0.1) is 23.3 Å². The number of carbonyl (C=O) groups is 2. The van der Waals surface area contributed by atoms with E-state index in [0.29, 0.717) is 66.6 Å². The Balaban J connectivity index is 1.07. The lowest BCUT2D eigenvalue weighted by Gasteiger charge is -2.73. The summed E-state index contributed by atoms with van der Waals surface area (Å²) in [5, 5.41) is 14.0. The van der Waals surface area contributed by atoms with E-state index in [4.69, 9.17) is 4.74 Å². The number of carbonyl (C=O) groups excluding carboxylic acids is 1. The van der Waals surface area contributed by atoms with Gasteiger partial charge in [-0.25, -0.2) is 8.42 Å². The molecule has 0 spiro atoms. The van der Waals surface area contributed by atoms with E-state index in [1.54, 1.807) is 0 Å². The Morgan fingerprint density at radius 1 is 0.796 bits per heavy atom. The second kappa shape index (κ2) is 13.7. The van der Waals surface area contributed by atoms with E-state index >= 15 is 0 Å². The lowest BCUT2D eigenvalue weighted by atomic mass is 9.32. The zero-order valence-corrected chi connectivity index (χ0v) is 36.5. The van der Waals surface area contributed by atoms with Crippen molar-refractivity contribution < 1.29 is 27.9 Å². The molecule has 54 heavy (non-hydrogen) atoms. The molecule has 2 N–H and O–H groups in total. The molecule has 0 amide bonds. The van der Waals surface area contributed by atoms with Crippen molar-refractivity contribution in [2.24, 2.45) is 74.4 Å². The highest BCUT2D eigenvalue weighted by atomic mass is 32.2. The smallest absolute Gasteiger partial charge is 0.309 e. The minimum Gasteiger partial charge on any atom is -0.481 e. The highest BCUT2D eigenvalue weighted by Crippen LogP contribution is 2.76. The maximum Gasteiger partial charge on any atom is 0.309 e. The molecular formula is C45H76N2O6S. The number of hydrogen-bond donors (Lipinski definition) is 2. The zero-order valence-electron chi connectivity index (χ0n) is 35.6. The van der Waals surface area contributed by atoms with Crippen molar-refractivity contribution in [3.05, 3.63) is 0 Å². The van der Waals surface area contributed by atoms with Gasteiger partial charge in [-0.15, -0.1) is 0 Å². The molecular weight excluding hydrogens is 697 g/mol. The van der Waals surface area contributed by atoms with E-state index in [2.05, 4.69) is 65.6 Å². The Bertz CT molecular complexity index is 1560. The predicted octanol–water partition coefficient (Wildman–Crippen LogP) is 8.23. The molecule has 9 heteroatoms. The van der Waals surface area contributed by atoms with Gasteiger partial charge in [-0.1, -0.05) is 62.3 Å². The third kappa shape index (κ3) is 6.18. The van der Waals surface area contributed by atoms with Crippen LogP contribution in [0.4, 0.5) is 0 Å². The number of aliphatic carboxylic acids is 1. The lowest BCUT2D eigenvalue weighted by molar-refractivity contribution is -0.249. The SMILES string of the molecule is CC(C)[C@@H]1CC[C@]2(NCC[C@H](C)N3CCS(=O)(=O)CC3)CC[C@]3(C)[C@H](CC[C@@H]4[C@@]5(C)CC[C@H](OC(=O)[C@H]6C[C@@H](C(=O)O)C6(C)C)C(C)(C)[C@@H]5CC[C@]43C)[C@@H]12. The maximum atomic E-state index is 13.6. The van der Waals surface area contributed by atoms with E-state index in [-0.39, 0.29) is 45.2 Å². The number of fused-ring (bicyclic) bond motifs is 7. The number of ether oxygens (including phenoxy) is 1. The van der Waals surface area contributed by atoms with Gasteiger partial charge in [0.2, 0.25) is 0 Å². The molecule has 1 aliphatic heterocycles. The molecule has 0 aromatic carbocycles. The third-order valence-corrected chi connectivity index (χ3v) is 21.0. The van der Waals surface area contributed by atoms with Crippen molar-refractivity contribution >= 4 is 21.8 Å². The zero-order chi connectivity index (χ0) is 39.4. The van der Waals surface area contributed by atoms with Crippen LogP contribution in [0.15, 0.2) is 0 Å². The van der Waals surface area contributed by atoms with Gasteiger partial charge in [0, 0.05) is 30.1 Å². The van der Waals surface area contributed by atoms with Crippen molar-refractivity contribution in [1.82, 2.24) is 10.2 Å². The number of carboxylic acid groups (broad SMARTS) is 1. The first-order valence-corrected chi connectivity index (χ1v) is 24.0. The Kier molecular flexibility index (Phi) is 10.4. The molecule has 1 heterocycles. The summed E-state index contributed by atoms with van der Waals surface area (Å²) in [5.74, 6) is 2.75. The van der Waals surface area contributed by atoms with Gasteiger partial charge in [-0.3, -0.25) is 14.5 Å². The van der Waals surface area contributed by atoms with Gasteiger partial charge in [0.15, 0.2) is 9.84 Å². The molecule has 7 fully saturated rings. The van der Waals surface area contributed by atoms with E-state index in [0.717, 1.165) is 31.7 Å². The molecule has 0 unspecified atom stereocenters. The Labute approximate surface area is 328 Å². The largest absolute Gasteiger partial charge is 0.481 e. The van der Waals surface area contributed by atoms with Crippen LogP contribution >= 0.6 is 0 Å². The fraction of sp³-hybridized carbons (Fsp3) is 0.956. The predicted molar refractivity (Wildman–Crippen MR) is 214 cm³/mol. The van der Waals surface area contributed by atoms with E-state index in [9.17, 15) is 23.1 Å². The summed E-state index contributed by atoms with van der Waals surface area (Å²) in [6, 6.07) is 0.390. The molecule has 1 saturated heterocycles. The number of hydrogen-bond acceptors (Lipinski definition) is 7. The van der Waals surface area contributed by atoms with Gasteiger partial charge in [0.25, 0.3) is 0 Å². The topological polar surface area (TPSA) is 113 Å². The minimum atomic E-state index is -2.87. The van der Waals surface area contributed by atoms with Crippen molar-refractivity contribution in [2.75, 3.05) is 31.1 Å². The third-order valence-electron chi connectivity index (χ3n) is 19.4. The molecule has 7 rings (SSSR count). The van der Waals surface area contributed by atoms with Crippen LogP contribution in [0, 0.1) is 74.4 Å². The van der Waals surface area contributed by atoms with Crippen LogP contribution in [-0.2, 0) is 24.2 Å². The highest BCUT2D eigenvalue weighted by molar-refractivity contribution is 7.91. The van der Waals surface area contributed by atoms with Crippen molar-refractivity contribution in [1.29, 1.82) is 0 Å². The number of nitrogens with zero attached hydrogens (tertiary/aromatic N) is 1. The summed E-state index contributed by atoms with van der Waals surface area (Å²) in [4.78, 5) is 27.8. The number of rotatable bonds is 9. The Morgan fingerprint density at radius 2 is 1.48 bits per heavy atom. The highest BCUT2D eigenvalue weighted by Gasteiger charge is 2.71. The summed E-state index contributed by atoms with van der Waals surface area (Å²) >= 11 is 0. The van der Waals surface area contributed by atoms with E-state index in [1.165, 1.54) is 51.4 Å². The summed E-state index contributed by atoms with van der Waals surface area (Å²) < 4.78 is 30.6. The number of nitrogens with one attached hydrogen (secondary N) is 1. The van der Waals surface area contributed by atoms with Crippen molar-refractivity contribution in [3.8, 4) is 0 Å². The molecule has 0 aromatic rings. The first-order valence-electron chi connectivity index (χ1n) is 22.2. The van der Waals surface area contributed by atoms with Gasteiger partial charge in [0.1, 0.15) is 6.10 Å². The number of esters is 1. The fourth-order valence-electron chi connectivity index (χ4n) is 15.7. The van der Waals surface area contributed by atoms with Gasteiger partial charge in [-0.05, 0) is 148 Å². The Hall–Kier alpha value is -1.19. The molecule has 6 aliphatic carbocycles. The lowest BCUT2D eigenvalue weighted by Crippen LogP contribution is -2.69. The van der Waals surface area contributed by atoms with E-state index < -0.39 is 27.1 Å². The summed E-state index contributed by atoms with van der Waals surface area (Å²) in [6.07, 6.45) is 13.5. The average molecular weight is 773 g/mol. The van der Waals surface area contributed by atoms with Crippen LogP contribution in [0.5, 0.6) is 0 Å². The summed E-state index contributed by atoms with van der Waals surface area (Å²) in [5.41, 5.74) is 0.243. The molecule has 0 aromatic heterocycles. The molecule has 8 nitrogen and oxygen atoms in total. The molecule has 13 atom stereocenters. The van der Waals surface area contributed by atoms with Crippen LogP contribution in [0.2, 0.25) is 0 Å². The van der Waals surface area contributed by atoms with Gasteiger partial charge in [-0.2, -0.15) is 0 Å². The molecule has 308 valence electrons. The first kappa shape index (κ1) is 41.0. The molecule has 7 aliphatic rings. The Morgan fingerprint density at radius 3 is 2.11 bits per heavy atom. The van der Waals surface area contributed by atoms with Crippen LogP contribution in [0.25, 0.3) is 0 Å². The average Bonchev–Trinajstić information content (AvgIpc) is 3.45. The van der Waals surface area contributed by atoms with Crippen molar-refractivity contribution in [2.45, 2.75) is 164 Å². The monoisotopic (exact) mass is 773 g/mol. The van der Waals surface area contributed by atoms with Crippen molar-refractivity contribution in [3.63, 3.8) is 0 Å². The molecule has 0 radical (unpaired) electrons. The second-order valence-corrected chi connectivity index (χ2v) is 24.6. The van der Waals surface area contributed by atoms with E-state index in [1.807, 2.05) is 13.8 Å². The molecule has 6 saturated carbocycles. The summed E-state index contributed by atoms with van der Waals surface area (Å²) in [7, 11) is -2.87. The maximum absolute atomic E-state index is 13.6. The number of sulfone groups is 1. The fourth-order valence-corrected chi connectivity index (χ4v) is 17.0. The second-order valence-electron chi connectivity index (χ2n) is 22.3. The van der Waals surface area contributed by atoms with Crippen LogP contribution in [0.3, 0.4) is 0 Å². The van der Waals surface area contributed by atoms with Crippen LogP contribution in [-0.4, -0.2) is 79.2 Å².